The predicted octanol–water partition coefficient (Wildman–Crippen LogP) is 3.13. The minimum Gasteiger partial charge on any atom is -0.378 e. The molecule has 0 aliphatic carbocycles. The fraction of sp³-hybridized carbons (Fsp3) is 0.333. The number of hydrazone groups is 1. The molecule has 1 amide bonds. The Balaban J connectivity index is 1.48. The van der Waals surface area contributed by atoms with E-state index in [1.165, 1.54) is 5.56 Å². The smallest absolute Gasteiger partial charge is 0.271 e. The first-order valence-electron chi connectivity index (χ1n) is 9.01. The zero-order chi connectivity index (χ0) is 18.4. The molecule has 0 unspecified atom stereocenters. The van der Waals surface area contributed by atoms with Gasteiger partial charge >= 0.3 is 0 Å². The lowest BCUT2D eigenvalue weighted by Gasteiger charge is -2.27. The lowest BCUT2D eigenvalue weighted by Crippen LogP contribution is -2.34. The van der Waals surface area contributed by atoms with Crippen molar-refractivity contribution in [3.63, 3.8) is 0 Å². The number of carbonyl (C=O) groups excluding carboxylic acids is 1. The molecule has 3 rings (SSSR count). The maximum Gasteiger partial charge on any atom is 0.271 e. The van der Waals surface area contributed by atoms with Gasteiger partial charge in [0.1, 0.15) is 0 Å². The predicted molar refractivity (Wildman–Crippen MR) is 107 cm³/mol. The van der Waals surface area contributed by atoms with Crippen LogP contribution in [-0.4, -0.2) is 43.7 Å². The minimum atomic E-state index is -0.158. The van der Waals surface area contributed by atoms with Gasteiger partial charge in [-0.05, 0) is 29.8 Å². The van der Waals surface area contributed by atoms with Crippen LogP contribution in [0.4, 0.5) is 5.69 Å². The molecule has 0 radical (unpaired) electrons. The molecule has 0 spiro atoms. The van der Waals surface area contributed by atoms with Gasteiger partial charge in [-0.1, -0.05) is 30.3 Å². The van der Waals surface area contributed by atoms with Crippen LogP contribution in [0, 0.1) is 0 Å². The molecule has 5 nitrogen and oxygen atoms in total. The van der Waals surface area contributed by atoms with Crippen LogP contribution in [0.1, 0.15) is 28.8 Å². The number of nitrogens with zero attached hydrogens (tertiary/aromatic N) is 3. The highest BCUT2D eigenvalue weighted by Gasteiger charge is 2.15. The van der Waals surface area contributed by atoms with E-state index in [-0.39, 0.29) is 5.91 Å². The molecule has 0 aromatic heterocycles. The van der Waals surface area contributed by atoms with E-state index in [4.69, 9.17) is 0 Å². The van der Waals surface area contributed by atoms with Crippen molar-refractivity contribution in [3.05, 3.63) is 65.7 Å². The van der Waals surface area contributed by atoms with E-state index in [0.717, 1.165) is 43.9 Å². The SMILES string of the molecule is CN(C)c1ccc(C(=O)NN=C2CCN(Cc3ccccc3)CC2)cc1. The molecule has 0 bridgehead atoms. The summed E-state index contributed by atoms with van der Waals surface area (Å²) >= 11 is 0. The number of anilines is 1. The van der Waals surface area contributed by atoms with E-state index < -0.39 is 0 Å². The number of hydrogen-bond acceptors (Lipinski definition) is 4. The molecule has 0 saturated carbocycles. The van der Waals surface area contributed by atoms with Crippen molar-refractivity contribution in [3.8, 4) is 0 Å². The lowest BCUT2D eigenvalue weighted by atomic mass is 10.1. The van der Waals surface area contributed by atoms with Crippen LogP contribution in [0.15, 0.2) is 59.7 Å². The number of benzene rings is 2. The molecule has 1 aliphatic rings. The number of carbonyl (C=O) groups is 1. The third-order valence-corrected chi connectivity index (χ3v) is 4.64. The van der Waals surface area contributed by atoms with Gasteiger partial charge in [0.15, 0.2) is 0 Å². The average Bonchev–Trinajstić information content (AvgIpc) is 2.68. The van der Waals surface area contributed by atoms with Crippen LogP contribution < -0.4 is 10.3 Å². The zero-order valence-corrected chi connectivity index (χ0v) is 15.5. The third-order valence-electron chi connectivity index (χ3n) is 4.64. The minimum absolute atomic E-state index is 0.158. The van der Waals surface area contributed by atoms with Gasteiger partial charge in [-0.2, -0.15) is 5.10 Å². The van der Waals surface area contributed by atoms with E-state index in [9.17, 15) is 4.79 Å². The molecule has 2 aromatic rings. The average molecular weight is 350 g/mol. The van der Waals surface area contributed by atoms with Gasteiger partial charge in [-0.15, -0.1) is 0 Å². The van der Waals surface area contributed by atoms with Crippen molar-refractivity contribution in [2.24, 2.45) is 5.10 Å². The topological polar surface area (TPSA) is 47.9 Å². The first-order chi connectivity index (χ1) is 12.6. The maximum atomic E-state index is 12.2. The molecule has 26 heavy (non-hydrogen) atoms. The van der Waals surface area contributed by atoms with Crippen molar-refractivity contribution in [2.45, 2.75) is 19.4 Å². The molecular formula is C21H26N4O. The number of rotatable bonds is 5. The van der Waals surface area contributed by atoms with Crippen molar-refractivity contribution >= 4 is 17.3 Å². The summed E-state index contributed by atoms with van der Waals surface area (Å²) in [5.41, 5.74) is 6.79. The number of nitrogens with one attached hydrogen (secondary N) is 1. The van der Waals surface area contributed by atoms with Gasteiger partial charge in [0.2, 0.25) is 0 Å². The Hall–Kier alpha value is -2.66. The van der Waals surface area contributed by atoms with Crippen molar-refractivity contribution in [2.75, 3.05) is 32.1 Å². The highest BCUT2D eigenvalue weighted by molar-refractivity contribution is 5.95. The maximum absolute atomic E-state index is 12.2. The lowest BCUT2D eigenvalue weighted by molar-refractivity contribution is 0.0954. The summed E-state index contributed by atoms with van der Waals surface area (Å²) in [5, 5.41) is 4.34. The van der Waals surface area contributed by atoms with Gasteiger partial charge in [0.05, 0.1) is 0 Å². The third kappa shape index (κ3) is 4.92. The summed E-state index contributed by atoms with van der Waals surface area (Å²) in [6.45, 7) is 2.92. The molecule has 1 N–H and O–H groups in total. The second-order valence-corrected chi connectivity index (χ2v) is 6.82. The van der Waals surface area contributed by atoms with Gasteiger partial charge in [-0.25, -0.2) is 5.43 Å². The van der Waals surface area contributed by atoms with Crippen LogP contribution in [0.5, 0.6) is 0 Å². The molecule has 1 saturated heterocycles. The van der Waals surface area contributed by atoms with Gasteiger partial charge in [-0.3, -0.25) is 9.69 Å². The van der Waals surface area contributed by atoms with E-state index in [1.54, 1.807) is 0 Å². The summed E-state index contributed by atoms with van der Waals surface area (Å²) in [6.07, 6.45) is 1.79. The van der Waals surface area contributed by atoms with Crippen molar-refractivity contribution in [1.82, 2.24) is 10.3 Å². The van der Waals surface area contributed by atoms with Crippen molar-refractivity contribution < 1.29 is 4.79 Å². The Kier molecular flexibility index (Phi) is 6.02. The van der Waals surface area contributed by atoms with Crippen LogP contribution in [0.25, 0.3) is 0 Å². The van der Waals surface area contributed by atoms with Crippen LogP contribution in [0.3, 0.4) is 0 Å². The van der Waals surface area contributed by atoms with E-state index in [0.29, 0.717) is 5.56 Å². The Morgan fingerprint density at radius 3 is 2.31 bits per heavy atom. The number of amides is 1. The van der Waals surface area contributed by atoms with E-state index in [2.05, 4.69) is 39.7 Å². The van der Waals surface area contributed by atoms with Crippen LogP contribution in [-0.2, 0) is 6.54 Å². The second-order valence-electron chi connectivity index (χ2n) is 6.82. The first kappa shape index (κ1) is 18.1. The standard InChI is InChI=1S/C21H26N4O/c1-24(2)20-10-8-18(9-11-20)21(26)23-22-19-12-14-25(15-13-19)16-17-6-4-3-5-7-17/h3-11H,12-16H2,1-2H3,(H,23,26). The Labute approximate surface area is 155 Å². The van der Waals surface area contributed by atoms with E-state index in [1.807, 2.05) is 49.3 Å². The Morgan fingerprint density at radius 1 is 1.04 bits per heavy atom. The largest absolute Gasteiger partial charge is 0.378 e. The van der Waals surface area contributed by atoms with Crippen LogP contribution in [0.2, 0.25) is 0 Å². The normalized spacial score (nSPS) is 14.8. The summed E-state index contributed by atoms with van der Waals surface area (Å²) in [7, 11) is 3.95. The summed E-state index contributed by atoms with van der Waals surface area (Å²) in [4.78, 5) is 16.7. The summed E-state index contributed by atoms with van der Waals surface area (Å²) in [6, 6.07) is 18.0. The molecule has 1 heterocycles. The molecule has 1 aliphatic heterocycles. The zero-order valence-electron chi connectivity index (χ0n) is 15.5. The van der Waals surface area contributed by atoms with Gasteiger partial charge in [0, 0.05) is 63.5 Å². The highest BCUT2D eigenvalue weighted by Crippen LogP contribution is 2.13. The monoisotopic (exact) mass is 350 g/mol. The van der Waals surface area contributed by atoms with Crippen molar-refractivity contribution in [1.29, 1.82) is 0 Å². The Bertz CT molecular complexity index is 743. The number of piperidine rings is 1. The number of hydrogen-bond donors (Lipinski definition) is 1. The molecule has 5 heteroatoms. The van der Waals surface area contributed by atoms with Gasteiger partial charge in [0.25, 0.3) is 5.91 Å². The van der Waals surface area contributed by atoms with Gasteiger partial charge < -0.3 is 4.90 Å². The molecule has 0 atom stereocenters. The number of likely N-dealkylation sites (tertiary alicyclic amines) is 1. The Morgan fingerprint density at radius 2 is 1.69 bits per heavy atom. The molecule has 1 fully saturated rings. The molecular weight excluding hydrogens is 324 g/mol. The quantitative estimate of drug-likeness (QED) is 0.843. The summed E-state index contributed by atoms with van der Waals surface area (Å²) < 4.78 is 0. The fourth-order valence-electron chi connectivity index (χ4n) is 3.03. The highest BCUT2D eigenvalue weighted by atomic mass is 16.2. The second kappa shape index (κ2) is 8.63. The first-order valence-corrected chi connectivity index (χ1v) is 9.01. The molecule has 2 aromatic carbocycles. The fourth-order valence-corrected chi connectivity index (χ4v) is 3.03. The van der Waals surface area contributed by atoms with Crippen LogP contribution >= 0.6 is 0 Å². The van der Waals surface area contributed by atoms with E-state index >= 15 is 0 Å². The molecule has 136 valence electrons. The summed E-state index contributed by atoms with van der Waals surface area (Å²) in [5.74, 6) is -0.158.